The van der Waals surface area contributed by atoms with E-state index in [1.54, 1.807) is 4.90 Å². The highest BCUT2D eigenvalue weighted by Gasteiger charge is 2.57. The van der Waals surface area contributed by atoms with Gasteiger partial charge in [-0.15, -0.1) is 0 Å². The molecule has 1 heterocycles. The van der Waals surface area contributed by atoms with E-state index >= 15 is 0 Å². The van der Waals surface area contributed by atoms with Crippen LogP contribution in [0.1, 0.15) is 38.8 Å². The van der Waals surface area contributed by atoms with Crippen LogP contribution in [0.5, 0.6) is 0 Å². The maximum absolute atomic E-state index is 12.6. The number of anilines is 1. The minimum absolute atomic E-state index is 0.0983. The summed E-state index contributed by atoms with van der Waals surface area (Å²) in [6.07, 6.45) is 0. The van der Waals surface area contributed by atoms with Crippen molar-refractivity contribution in [2.45, 2.75) is 38.6 Å². The quantitative estimate of drug-likeness (QED) is 0.915. The Balaban J connectivity index is 2.42. The molecule has 2 amide bonds. The molecule has 0 saturated heterocycles. The molecule has 2 aromatic rings. The van der Waals surface area contributed by atoms with Crippen LogP contribution in [-0.2, 0) is 15.0 Å². The van der Waals surface area contributed by atoms with Gasteiger partial charge >= 0.3 is 0 Å². The Morgan fingerprint density at radius 3 is 2.08 bits per heavy atom. The molecule has 0 aliphatic carbocycles. The number of benzene rings is 2. The lowest BCUT2D eigenvalue weighted by Crippen LogP contribution is -2.65. The summed E-state index contributed by atoms with van der Waals surface area (Å²) in [5.74, 6) is -1.07. The molecule has 0 radical (unpaired) electrons. The SMILES string of the molecule is CC(=O)N1c2ccccc2C(C)(c2ccccc2)C(C(N)=O)C1(C)C. The molecule has 4 nitrogen and oxygen atoms in total. The predicted octanol–water partition coefficient (Wildman–Crippen LogP) is 3.24. The van der Waals surface area contributed by atoms with Crippen LogP contribution in [-0.4, -0.2) is 17.4 Å². The van der Waals surface area contributed by atoms with Gasteiger partial charge < -0.3 is 10.6 Å². The monoisotopic (exact) mass is 336 g/mol. The van der Waals surface area contributed by atoms with Crippen molar-refractivity contribution in [2.75, 3.05) is 4.90 Å². The van der Waals surface area contributed by atoms with Crippen molar-refractivity contribution in [3.05, 3.63) is 65.7 Å². The first-order chi connectivity index (χ1) is 11.7. The van der Waals surface area contributed by atoms with Crippen LogP contribution in [0.3, 0.4) is 0 Å². The van der Waals surface area contributed by atoms with E-state index < -0.39 is 22.8 Å². The number of rotatable bonds is 2. The highest BCUT2D eigenvalue weighted by atomic mass is 16.2. The maximum Gasteiger partial charge on any atom is 0.224 e. The van der Waals surface area contributed by atoms with Crippen LogP contribution in [0.2, 0.25) is 0 Å². The second-order valence-electron chi connectivity index (χ2n) is 7.43. The number of amides is 2. The average molecular weight is 336 g/mol. The van der Waals surface area contributed by atoms with E-state index in [1.807, 2.05) is 68.4 Å². The largest absolute Gasteiger partial charge is 0.369 e. The minimum Gasteiger partial charge on any atom is -0.369 e. The smallest absolute Gasteiger partial charge is 0.224 e. The number of carbonyl (C=O) groups is 2. The number of hydrogen-bond donors (Lipinski definition) is 1. The van der Waals surface area contributed by atoms with Gasteiger partial charge in [0.05, 0.1) is 11.5 Å². The van der Waals surface area contributed by atoms with Gasteiger partial charge in [-0.1, -0.05) is 55.5 Å². The third-order valence-electron chi connectivity index (χ3n) is 5.54. The average Bonchev–Trinajstić information content (AvgIpc) is 2.54. The summed E-state index contributed by atoms with van der Waals surface area (Å²) in [5.41, 5.74) is 7.32. The molecule has 0 bridgehead atoms. The molecule has 0 saturated carbocycles. The van der Waals surface area contributed by atoms with E-state index in [1.165, 1.54) is 6.92 Å². The van der Waals surface area contributed by atoms with Gasteiger partial charge in [-0.05, 0) is 31.0 Å². The van der Waals surface area contributed by atoms with Crippen LogP contribution in [0.15, 0.2) is 54.6 Å². The molecule has 0 fully saturated rings. The van der Waals surface area contributed by atoms with E-state index in [0.717, 1.165) is 16.8 Å². The Hall–Kier alpha value is -2.62. The molecular weight excluding hydrogens is 312 g/mol. The van der Waals surface area contributed by atoms with Gasteiger partial charge in [0.2, 0.25) is 11.8 Å². The highest BCUT2D eigenvalue weighted by Crippen LogP contribution is 2.53. The predicted molar refractivity (Wildman–Crippen MR) is 99.3 cm³/mol. The van der Waals surface area contributed by atoms with Crippen molar-refractivity contribution in [2.24, 2.45) is 11.7 Å². The van der Waals surface area contributed by atoms with Gasteiger partial charge in [-0.2, -0.15) is 0 Å². The first-order valence-corrected chi connectivity index (χ1v) is 8.47. The summed E-state index contributed by atoms with van der Waals surface area (Å²) >= 11 is 0. The molecule has 3 rings (SSSR count). The van der Waals surface area contributed by atoms with Gasteiger partial charge in [0.1, 0.15) is 0 Å². The zero-order valence-electron chi connectivity index (χ0n) is 15.1. The molecule has 2 atom stereocenters. The molecule has 25 heavy (non-hydrogen) atoms. The summed E-state index contributed by atoms with van der Waals surface area (Å²) in [6.45, 7) is 7.42. The second kappa shape index (κ2) is 5.73. The third-order valence-corrected chi connectivity index (χ3v) is 5.54. The second-order valence-corrected chi connectivity index (χ2v) is 7.43. The van der Waals surface area contributed by atoms with Crippen molar-refractivity contribution in [3.63, 3.8) is 0 Å². The van der Waals surface area contributed by atoms with Crippen LogP contribution in [0.25, 0.3) is 0 Å². The lowest BCUT2D eigenvalue weighted by molar-refractivity contribution is -0.127. The first kappa shape index (κ1) is 17.2. The molecule has 0 aromatic heterocycles. The molecule has 0 spiro atoms. The normalized spacial score (nSPS) is 24.5. The van der Waals surface area contributed by atoms with E-state index in [-0.39, 0.29) is 5.91 Å². The zero-order chi connectivity index (χ0) is 18.4. The maximum atomic E-state index is 12.6. The summed E-state index contributed by atoms with van der Waals surface area (Å²) in [7, 11) is 0. The van der Waals surface area contributed by atoms with E-state index in [2.05, 4.69) is 6.92 Å². The molecule has 130 valence electrons. The summed E-state index contributed by atoms with van der Waals surface area (Å²) in [6, 6.07) is 17.7. The summed E-state index contributed by atoms with van der Waals surface area (Å²) < 4.78 is 0. The lowest BCUT2D eigenvalue weighted by atomic mass is 9.57. The Morgan fingerprint density at radius 1 is 0.960 bits per heavy atom. The number of nitrogens with zero attached hydrogens (tertiary/aromatic N) is 1. The van der Waals surface area contributed by atoms with E-state index in [9.17, 15) is 9.59 Å². The Kier molecular flexibility index (Phi) is 3.94. The van der Waals surface area contributed by atoms with Gasteiger partial charge in [0, 0.05) is 18.0 Å². The van der Waals surface area contributed by atoms with Crippen LogP contribution in [0.4, 0.5) is 5.69 Å². The number of hydrogen-bond acceptors (Lipinski definition) is 2. The van der Waals surface area contributed by atoms with Crippen molar-refractivity contribution < 1.29 is 9.59 Å². The lowest BCUT2D eigenvalue weighted by Gasteiger charge is -2.55. The topological polar surface area (TPSA) is 63.4 Å². The Labute approximate surface area is 148 Å². The van der Waals surface area contributed by atoms with Gasteiger partial charge in [-0.25, -0.2) is 0 Å². The number of carbonyl (C=O) groups excluding carboxylic acids is 2. The van der Waals surface area contributed by atoms with Crippen molar-refractivity contribution in [3.8, 4) is 0 Å². The fraction of sp³-hybridized carbons (Fsp3) is 0.333. The summed E-state index contributed by atoms with van der Waals surface area (Å²) in [5, 5.41) is 0. The van der Waals surface area contributed by atoms with Crippen LogP contribution >= 0.6 is 0 Å². The zero-order valence-corrected chi connectivity index (χ0v) is 15.1. The van der Waals surface area contributed by atoms with Crippen LogP contribution < -0.4 is 10.6 Å². The molecule has 2 unspecified atom stereocenters. The van der Waals surface area contributed by atoms with Crippen molar-refractivity contribution in [1.29, 1.82) is 0 Å². The Morgan fingerprint density at radius 2 is 1.52 bits per heavy atom. The Bertz CT molecular complexity index is 829. The molecular formula is C21H24N2O2. The highest BCUT2D eigenvalue weighted by molar-refractivity contribution is 5.98. The standard InChI is InChI=1S/C21H24N2O2/c1-14(24)23-17-13-9-8-12-16(17)21(4,15-10-6-5-7-11-15)18(19(22)25)20(23,2)3/h5-13,18H,1-4H3,(H2,22,25). The molecule has 4 heteroatoms. The third kappa shape index (κ3) is 2.36. The number of primary amides is 1. The van der Waals surface area contributed by atoms with E-state index in [4.69, 9.17) is 5.73 Å². The fourth-order valence-corrected chi connectivity index (χ4v) is 4.72. The molecule has 2 N–H and O–H groups in total. The van der Waals surface area contributed by atoms with Crippen molar-refractivity contribution >= 4 is 17.5 Å². The number of para-hydroxylation sites is 1. The van der Waals surface area contributed by atoms with Crippen molar-refractivity contribution in [1.82, 2.24) is 0 Å². The first-order valence-electron chi connectivity index (χ1n) is 8.47. The van der Waals surface area contributed by atoms with Crippen LogP contribution in [0, 0.1) is 5.92 Å². The fourth-order valence-electron chi connectivity index (χ4n) is 4.72. The molecule has 2 aromatic carbocycles. The van der Waals surface area contributed by atoms with Gasteiger partial charge in [0.15, 0.2) is 0 Å². The number of fused-ring (bicyclic) bond motifs is 1. The van der Waals surface area contributed by atoms with Gasteiger partial charge in [0.25, 0.3) is 0 Å². The van der Waals surface area contributed by atoms with E-state index in [0.29, 0.717) is 0 Å². The molecule has 1 aliphatic rings. The molecule has 1 aliphatic heterocycles. The summed E-state index contributed by atoms with van der Waals surface area (Å²) in [4.78, 5) is 26.8. The van der Waals surface area contributed by atoms with Gasteiger partial charge in [-0.3, -0.25) is 9.59 Å². The number of nitrogens with two attached hydrogens (primary N) is 1. The minimum atomic E-state index is -0.753.